The predicted molar refractivity (Wildman–Crippen MR) is 26.9 cm³/mol. The molecule has 0 rings (SSSR count). The van der Waals surface area contributed by atoms with Crippen molar-refractivity contribution in [3.8, 4) is 0 Å². The van der Waals surface area contributed by atoms with Crippen molar-refractivity contribution < 1.29 is 73.7 Å². The zero-order valence-electron chi connectivity index (χ0n) is 5.42. The molecule has 0 aromatic heterocycles. The topological polar surface area (TPSA) is 197 Å². The fraction of sp³-hybridized carbons (Fsp3) is 0. The van der Waals surface area contributed by atoms with Gasteiger partial charge in [-0.25, -0.2) is 0 Å². The molecule has 12 heavy (non-hydrogen) atoms. The van der Waals surface area contributed by atoms with Crippen LogP contribution in [0, 0.1) is 38.6 Å². The van der Waals surface area contributed by atoms with Gasteiger partial charge in [0, 0.05) is 20.8 Å². The molecule has 9 nitrogen and oxygen atoms in total. The van der Waals surface area contributed by atoms with E-state index in [9.17, 15) is 0 Å². The molecular weight excluding hydrogens is 365 g/mol. The maximum atomic E-state index is 8.52. The Morgan fingerprint density at radius 1 is 0.667 bits per heavy atom. The minimum Gasteiger partial charge on any atom is -0.759 e. The molecule has 0 saturated carbocycles. The van der Waals surface area contributed by atoms with Crippen molar-refractivity contribution in [3.63, 3.8) is 0 Å². The number of hydrogen-bond donors (Lipinski definition) is 1. The summed E-state index contributed by atoms with van der Waals surface area (Å²) in [6.07, 6.45) is 0. The zero-order chi connectivity index (χ0) is 9.00. The molecule has 0 aliphatic heterocycles. The maximum Gasteiger partial charge on any atom is 3.00 e. The van der Waals surface area contributed by atoms with Crippen LogP contribution in [0.1, 0.15) is 0 Å². The second-order valence-electron chi connectivity index (χ2n) is 0.816. The summed E-state index contributed by atoms with van der Waals surface area (Å²) in [4.78, 5) is 0. The second-order valence-corrected chi connectivity index (χ2v) is 2.45. The molecule has 0 unspecified atom stereocenters. The SMILES string of the molecule is O=S(=O)([O-])[O-].O=S(=O)([O-])[O-].[NH4+].[Tb+3]. The van der Waals surface area contributed by atoms with Crippen molar-refractivity contribution in [1.82, 2.24) is 6.15 Å². The molecule has 12 heteroatoms. The van der Waals surface area contributed by atoms with Crippen molar-refractivity contribution in [3.05, 3.63) is 0 Å². The summed E-state index contributed by atoms with van der Waals surface area (Å²) >= 11 is 0. The van der Waals surface area contributed by atoms with Crippen LogP contribution in [0.25, 0.3) is 0 Å². The van der Waals surface area contributed by atoms with Crippen molar-refractivity contribution >= 4 is 20.8 Å². The molecule has 0 aromatic rings. The summed E-state index contributed by atoms with van der Waals surface area (Å²) in [5.74, 6) is 0. The van der Waals surface area contributed by atoms with Gasteiger partial charge in [0.2, 0.25) is 0 Å². The van der Waals surface area contributed by atoms with E-state index in [0.29, 0.717) is 0 Å². The monoisotopic (exact) mass is 369 g/mol. The minimum absolute atomic E-state index is 0. The molecule has 0 fully saturated rings. The molecular formula is H4NO8S2Tb. The first-order valence-corrected chi connectivity index (χ1v) is 4.00. The Hall–Kier alpha value is 0.986. The van der Waals surface area contributed by atoms with Crippen molar-refractivity contribution in [2.75, 3.05) is 0 Å². The van der Waals surface area contributed by atoms with Crippen LogP contribution >= 0.6 is 0 Å². The van der Waals surface area contributed by atoms with Crippen LogP contribution < -0.4 is 6.15 Å². The van der Waals surface area contributed by atoms with Crippen LogP contribution in [0.2, 0.25) is 0 Å². The first-order valence-electron chi connectivity index (χ1n) is 1.33. The fourth-order valence-corrected chi connectivity index (χ4v) is 0. The van der Waals surface area contributed by atoms with Crippen LogP contribution in [0.5, 0.6) is 0 Å². The molecule has 0 aromatic carbocycles. The van der Waals surface area contributed by atoms with Gasteiger partial charge in [-0.05, 0) is 0 Å². The largest absolute Gasteiger partial charge is 3.00 e. The number of quaternary nitrogens is 1. The molecule has 4 N–H and O–H groups in total. The van der Waals surface area contributed by atoms with E-state index < -0.39 is 20.8 Å². The number of hydrogen-bond acceptors (Lipinski definition) is 8. The molecule has 0 aliphatic carbocycles. The average molecular weight is 369 g/mol. The third kappa shape index (κ3) is 1130. The van der Waals surface area contributed by atoms with Crippen LogP contribution in [-0.2, 0) is 20.8 Å². The molecule has 0 amide bonds. The van der Waals surface area contributed by atoms with Gasteiger partial charge in [0.1, 0.15) is 0 Å². The third-order valence-corrected chi connectivity index (χ3v) is 0. The van der Waals surface area contributed by atoms with E-state index in [1.54, 1.807) is 0 Å². The summed E-state index contributed by atoms with van der Waals surface area (Å²) < 4.78 is 68.2. The first-order chi connectivity index (χ1) is 4.00. The zero-order valence-corrected chi connectivity index (χ0v) is 9.19. The van der Waals surface area contributed by atoms with Gasteiger partial charge >= 0.3 is 38.6 Å². The second kappa shape index (κ2) is 8.58. The van der Waals surface area contributed by atoms with E-state index >= 15 is 0 Å². The van der Waals surface area contributed by atoms with Gasteiger partial charge in [0.15, 0.2) is 0 Å². The van der Waals surface area contributed by atoms with Gasteiger partial charge in [-0.1, -0.05) is 0 Å². The smallest absolute Gasteiger partial charge is 0.759 e. The molecule has 0 radical (unpaired) electrons. The summed E-state index contributed by atoms with van der Waals surface area (Å²) in [6, 6.07) is 0. The van der Waals surface area contributed by atoms with Crippen molar-refractivity contribution in [1.29, 1.82) is 0 Å². The van der Waals surface area contributed by atoms with Gasteiger partial charge in [-0.2, -0.15) is 0 Å². The van der Waals surface area contributed by atoms with Gasteiger partial charge in [-0.3, -0.25) is 16.8 Å². The van der Waals surface area contributed by atoms with E-state index in [1.165, 1.54) is 0 Å². The molecule has 0 heterocycles. The Morgan fingerprint density at radius 2 is 0.667 bits per heavy atom. The van der Waals surface area contributed by atoms with Crippen molar-refractivity contribution in [2.24, 2.45) is 0 Å². The molecule has 0 bridgehead atoms. The Kier molecular flexibility index (Phi) is 16.5. The third-order valence-electron chi connectivity index (χ3n) is 0. The Labute approximate surface area is 99.7 Å². The minimum atomic E-state index is -5.17. The van der Waals surface area contributed by atoms with Crippen LogP contribution in [-0.4, -0.2) is 35.0 Å². The number of rotatable bonds is 0. The summed E-state index contributed by atoms with van der Waals surface area (Å²) in [5, 5.41) is 0. The quantitative estimate of drug-likeness (QED) is 0.363. The molecule has 0 aliphatic rings. The summed E-state index contributed by atoms with van der Waals surface area (Å²) in [7, 11) is -10.3. The van der Waals surface area contributed by atoms with Crippen molar-refractivity contribution in [2.45, 2.75) is 0 Å². The van der Waals surface area contributed by atoms with Gasteiger partial charge in [0.05, 0.1) is 0 Å². The Morgan fingerprint density at radius 3 is 0.667 bits per heavy atom. The normalized spacial score (nSPS) is 9.67. The van der Waals surface area contributed by atoms with Gasteiger partial charge < -0.3 is 24.4 Å². The predicted octanol–water partition coefficient (Wildman–Crippen LogP) is -2.30. The van der Waals surface area contributed by atoms with E-state index in [1.807, 2.05) is 0 Å². The Bertz CT molecular complexity index is 213. The standard InChI is InChI=1S/H3N.2H2O4S.Tb/c;2*1-5(2,3)4;/h1H3;2*(H2,1,2,3,4);/q;;;+3/p-3. The van der Waals surface area contributed by atoms with Crippen LogP contribution in [0.4, 0.5) is 0 Å². The van der Waals surface area contributed by atoms with Gasteiger partial charge in [-0.15, -0.1) is 0 Å². The van der Waals surface area contributed by atoms with E-state index in [4.69, 9.17) is 35.0 Å². The summed E-state index contributed by atoms with van der Waals surface area (Å²) in [5.41, 5.74) is 0. The van der Waals surface area contributed by atoms with E-state index in [2.05, 4.69) is 0 Å². The van der Waals surface area contributed by atoms with E-state index in [-0.39, 0.29) is 44.8 Å². The average Bonchev–Trinajstić information content (AvgIpc) is 1.12. The van der Waals surface area contributed by atoms with Crippen LogP contribution in [0.3, 0.4) is 0 Å². The fourth-order valence-electron chi connectivity index (χ4n) is 0. The Balaban J connectivity index is -0.0000000457. The first kappa shape index (κ1) is 23.1. The molecule has 0 saturated heterocycles. The molecule has 78 valence electrons. The maximum absolute atomic E-state index is 8.52. The summed E-state index contributed by atoms with van der Waals surface area (Å²) in [6.45, 7) is 0. The molecule has 0 atom stereocenters. The van der Waals surface area contributed by atoms with E-state index in [0.717, 1.165) is 0 Å². The van der Waals surface area contributed by atoms with Gasteiger partial charge in [0.25, 0.3) is 0 Å². The molecule has 0 spiro atoms. The van der Waals surface area contributed by atoms with Crippen LogP contribution in [0.15, 0.2) is 0 Å².